The predicted octanol–water partition coefficient (Wildman–Crippen LogP) is 1.48. The van der Waals surface area contributed by atoms with Gasteiger partial charge in [-0.15, -0.1) is 0 Å². The zero-order valence-corrected chi connectivity index (χ0v) is 15.2. The van der Waals surface area contributed by atoms with Gasteiger partial charge in [-0.05, 0) is 38.0 Å². The topological polar surface area (TPSA) is 68.8 Å². The molecular weight excluding hydrogens is 308 g/mol. The fourth-order valence-electron chi connectivity index (χ4n) is 3.18. The van der Waals surface area contributed by atoms with Gasteiger partial charge >= 0.3 is 0 Å². The molecular formula is C18H34N2O4. The molecule has 2 saturated heterocycles. The summed E-state index contributed by atoms with van der Waals surface area (Å²) in [7, 11) is 0. The van der Waals surface area contributed by atoms with Crippen molar-refractivity contribution in [3.05, 3.63) is 0 Å². The van der Waals surface area contributed by atoms with Crippen LogP contribution in [0.15, 0.2) is 0 Å². The van der Waals surface area contributed by atoms with Crippen molar-refractivity contribution in [2.45, 2.75) is 64.1 Å². The summed E-state index contributed by atoms with van der Waals surface area (Å²) in [5.41, 5.74) is 0. The number of carbonyl (C=O) groups is 1. The van der Waals surface area contributed by atoms with Gasteiger partial charge in [0.2, 0.25) is 5.91 Å². The molecule has 2 atom stereocenters. The van der Waals surface area contributed by atoms with Gasteiger partial charge in [-0.3, -0.25) is 4.79 Å². The minimum Gasteiger partial charge on any atom is -0.381 e. The average molecular weight is 342 g/mol. The van der Waals surface area contributed by atoms with Crippen LogP contribution in [-0.2, 0) is 19.0 Å². The number of hydrogen-bond acceptors (Lipinski definition) is 5. The summed E-state index contributed by atoms with van der Waals surface area (Å²) in [6.07, 6.45) is 5.31. The van der Waals surface area contributed by atoms with Crippen LogP contribution in [0, 0.1) is 5.92 Å². The fraction of sp³-hybridized carbons (Fsp3) is 0.944. The van der Waals surface area contributed by atoms with Gasteiger partial charge in [0.25, 0.3) is 0 Å². The van der Waals surface area contributed by atoms with E-state index in [1.807, 2.05) is 0 Å². The number of nitrogens with one attached hydrogen (secondary N) is 2. The van der Waals surface area contributed by atoms with Gasteiger partial charge in [-0.25, -0.2) is 0 Å². The molecule has 2 heterocycles. The van der Waals surface area contributed by atoms with Crippen molar-refractivity contribution in [3.8, 4) is 0 Å². The minimum absolute atomic E-state index is 0.0932. The van der Waals surface area contributed by atoms with Crippen LogP contribution in [0.4, 0.5) is 0 Å². The molecule has 0 bridgehead atoms. The highest BCUT2D eigenvalue weighted by molar-refractivity contribution is 5.82. The Morgan fingerprint density at radius 2 is 2.00 bits per heavy atom. The van der Waals surface area contributed by atoms with E-state index in [0.717, 1.165) is 51.9 Å². The van der Waals surface area contributed by atoms with Gasteiger partial charge in [0.1, 0.15) is 0 Å². The lowest BCUT2D eigenvalue weighted by molar-refractivity contribution is -0.124. The van der Waals surface area contributed by atoms with Gasteiger partial charge < -0.3 is 24.8 Å². The normalized spacial score (nSPS) is 23.5. The van der Waals surface area contributed by atoms with Gasteiger partial charge in [0.15, 0.2) is 0 Å². The lowest BCUT2D eigenvalue weighted by Crippen LogP contribution is -2.52. The van der Waals surface area contributed by atoms with Crippen LogP contribution in [0.25, 0.3) is 0 Å². The van der Waals surface area contributed by atoms with Crippen molar-refractivity contribution >= 4 is 5.91 Å². The van der Waals surface area contributed by atoms with Crippen molar-refractivity contribution in [2.75, 3.05) is 39.6 Å². The van der Waals surface area contributed by atoms with Crippen molar-refractivity contribution in [1.29, 1.82) is 0 Å². The number of rotatable bonds is 10. The molecule has 2 fully saturated rings. The highest BCUT2D eigenvalue weighted by atomic mass is 16.5. The molecule has 140 valence electrons. The highest BCUT2D eigenvalue weighted by Crippen LogP contribution is 2.12. The third-order valence-electron chi connectivity index (χ3n) is 4.68. The van der Waals surface area contributed by atoms with Crippen LogP contribution >= 0.6 is 0 Å². The maximum Gasteiger partial charge on any atom is 0.237 e. The molecule has 6 nitrogen and oxygen atoms in total. The summed E-state index contributed by atoms with van der Waals surface area (Å²) in [5.74, 6) is 0.360. The Kier molecular flexibility index (Phi) is 9.02. The van der Waals surface area contributed by atoms with Crippen LogP contribution in [0.5, 0.6) is 0 Å². The zero-order chi connectivity index (χ0) is 17.2. The number of hydrogen-bond donors (Lipinski definition) is 2. The first-order chi connectivity index (χ1) is 11.7. The predicted molar refractivity (Wildman–Crippen MR) is 93.0 cm³/mol. The molecule has 0 aromatic heterocycles. The van der Waals surface area contributed by atoms with E-state index in [1.165, 1.54) is 0 Å². The Hall–Kier alpha value is -0.690. The number of carbonyl (C=O) groups excluding carboxylic acids is 1. The quantitative estimate of drug-likeness (QED) is 0.589. The summed E-state index contributed by atoms with van der Waals surface area (Å²) < 4.78 is 16.5. The maximum atomic E-state index is 12.4. The molecule has 6 heteroatoms. The third-order valence-corrected chi connectivity index (χ3v) is 4.68. The molecule has 2 rings (SSSR count). The van der Waals surface area contributed by atoms with E-state index in [9.17, 15) is 4.79 Å². The molecule has 24 heavy (non-hydrogen) atoms. The summed E-state index contributed by atoms with van der Waals surface area (Å²) in [5, 5.41) is 6.54. The molecule has 2 N–H and O–H groups in total. The fourth-order valence-corrected chi connectivity index (χ4v) is 3.18. The summed E-state index contributed by atoms with van der Waals surface area (Å²) in [6, 6.07) is 0.243. The van der Waals surface area contributed by atoms with E-state index in [0.29, 0.717) is 25.8 Å². The lowest BCUT2D eigenvalue weighted by atomic mass is 10.00. The van der Waals surface area contributed by atoms with Gasteiger partial charge in [0.05, 0.1) is 18.8 Å². The molecule has 0 radical (unpaired) electrons. The second-order valence-corrected chi connectivity index (χ2v) is 7.13. The van der Waals surface area contributed by atoms with E-state index >= 15 is 0 Å². The first kappa shape index (κ1) is 19.6. The van der Waals surface area contributed by atoms with Crippen LogP contribution in [0.3, 0.4) is 0 Å². The maximum absolute atomic E-state index is 12.4. The van der Waals surface area contributed by atoms with E-state index in [2.05, 4.69) is 24.5 Å². The molecule has 0 aromatic rings. The number of ether oxygens (including phenoxy) is 3. The van der Waals surface area contributed by atoms with Crippen molar-refractivity contribution in [3.63, 3.8) is 0 Å². The van der Waals surface area contributed by atoms with Gasteiger partial charge in [-0.2, -0.15) is 0 Å². The minimum atomic E-state index is -0.138. The van der Waals surface area contributed by atoms with Crippen molar-refractivity contribution in [2.24, 2.45) is 5.92 Å². The monoisotopic (exact) mass is 342 g/mol. The SMILES string of the molecule is CC(C)C(NC1CCOCC1)C(=O)NCCCOCC1CCCO1. The van der Waals surface area contributed by atoms with E-state index in [4.69, 9.17) is 14.2 Å². The first-order valence-corrected chi connectivity index (χ1v) is 9.47. The molecule has 0 aliphatic carbocycles. The standard InChI is InChI=1S/C18H34N2O4/c1-14(2)17(20-15-6-11-22-12-7-15)18(21)19-8-4-9-23-13-16-5-3-10-24-16/h14-17,20H,3-13H2,1-2H3,(H,19,21). The molecule has 2 unspecified atom stereocenters. The first-order valence-electron chi connectivity index (χ1n) is 9.47. The largest absolute Gasteiger partial charge is 0.381 e. The Morgan fingerprint density at radius 3 is 2.67 bits per heavy atom. The summed E-state index contributed by atoms with van der Waals surface area (Å²) in [4.78, 5) is 12.4. The molecule has 0 spiro atoms. The Labute approximate surface area is 146 Å². The summed E-state index contributed by atoms with van der Waals surface area (Å²) in [6.45, 7) is 8.60. The Balaban J connectivity index is 1.57. The highest BCUT2D eigenvalue weighted by Gasteiger charge is 2.25. The van der Waals surface area contributed by atoms with E-state index < -0.39 is 0 Å². The Bertz CT molecular complexity index is 353. The van der Waals surface area contributed by atoms with Crippen molar-refractivity contribution in [1.82, 2.24) is 10.6 Å². The van der Waals surface area contributed by atoms with Crippen LogP contribution < -0.4 is 10.6 Å². The second kappa shape index (κ2) is 11.0. The second-order valence-electron chi connectivity index (χ2n) is 7.13. The van der Waals surface area contributed by atoms with Crippen molar-refractivity contribution < 1.29 is 19.0 Å². The zero-order valence-electron chi connectivity index (χ0n) is 15.2. The van der Waals surface area contributed by atoms with Crippen LogP contribution in [-0.4, -0.2) is 63.7 Å². The molecule has 1 amide bonds. The van der Waals surface area contributed by atoms with E-state index in [1.54, 1.807) is 0 Å². The van der Waals surface area contributed by atoms with Gasteiger partial charge in [-0.1, -0.05) is 13.8 Å². The molecule has 0 saturated carbocycles. The van der Waals surface area contributed by atoms with E-state index in [-0.39, 0.29) is 24.0 Å². The number of amides is 1. The molecule has 2 aliphatic rings. The molecule has 2 aliphatic heterocycles. The van der Waals surface area contributed by atoms with Gasteiger partial charge in [0, 0.05) is 39.0 Å². The van der Waals surface area contributed by atoms with Crippen LogP contribution in [0.2, 0.25) is 0 Å². The summed E-state index contributed by atoms with van der Waals surface area (Å²) >= 11 is 0. The average Bonchev–Trinajstić information content (AvgIpc) is 3.09. The smallest absolute Gasteiger partial charge is 0.237 e. The third kappa shape index (κ3) is 7.05. The molecule has 0 aromatic carbocycles. The lowest BCUT2D eigenvalue weighted by Gasteiger charge is -2.30. The van der Waals surface area contributed by atoms with Crippen LogP contribution in [0.1, 0.15) is 46.0 Å². The Morgan fingerprint density at radius 1 is 1.21 bits per heavy atom.